The molecule has 86 valence electrons. The van der Waals surface area contributed by atoms with Gasteiger partial charge in [0.15, 0.2) is 0 Å². The fourth-order valence-corrected chi connectivity index (χ4v) is 1.16. The van der Waals surface area contributed by atoms with Crippen LogP contribution in [0.1, 0.15) is 33.1 Å². The summed E-state index contributed by atoms with van der Waals surface area (Å²) in [6.07, 6.45) is 3.22. The molecule has 1 unspecified atom stereocenters. The zero-order valence-electron chi connectivity index (χ0n) is 9.32. The van der Waals surface area contributed by atoms with Gasteiger partial charge in [-0.15, -0.1) is 6.58 Å². The van der Waals surface area contributed by atoms with Crippen LogP contribution in [-0.4, -0.2) is 23.0 Å². The van der Waals surface area contributed by atoms with E-state index in [1.54, 1.807) is 6.08 Å². The van der Waals surface area contributed by atoms with Gasteiger partial charge in [0.2, 0.25) is 5.91 Å². The van der Waals surface area contributed by atoms with Crippen molar-refractivity contribution in [2.24, 2.45) is 5.92 Å². The highest BCUT2D eigenvalue weighted by atomic mass is 16.4. The molecule has 2 atom stereocenters. The molecule has 0 fully saturated rings. The van der Waals surface area contributed by atoms with Crippen molar-refractivity contribution in [2.75, 3.05) is 0 Å². The van der Waals surface area contributed by atoms with Crippen molar-refractivity contribution in [1.82, 2.24) is 5.32 Å². The van der Waals surface area contributed by atoms with E-state index >= 15 is 0 Å². The lowest BCUT2D eigenvalue weighted by Gasteiger charge is -2.19. The second kappa shape index (κ2) is 7.04. The summed E-state index contributed by atoms with van der Waals surface area (Å²) >= 11 is 0. The Labute approximate surface area is 90.4 Å². The number of amides is 1. The second-order valence-electron chi connectivity index (χ2n) is 3.60. The number of carboxylic acids is 1. The lowest BCUT2D eigenvalue weighted by molar-refractivity contribution is -0.143. The fraction of sp³-hybridized carbons (Fsp3) is 0.636. The van der Waals surface area contributed by atoms with Gasteiger partial charge >= 0.3 is 5.97 Å². The first-order valence-corrected chi connectivity index (χ1v) is 5.16. The van der Waals surface area contributed by atoms with Crippen LogP contribution in [0.25, 0.3) is 0 Å². The van der Waals surface area contributed by atoms with Gasteiger partial charge in [0, 0.05) is 6.42 Å². The summed E-state index contributed by atoms with van der Waals surface area (Å²) in [6.45, 7) is 7.21. The molecule has 4 nitrogen and oxygen atoms in total. The van der Waals surface area contributed by atoms with Crippen LogP contribution in [0.4, 0.5) is 0 Å². The van der Waals surface area contributed by atoms with E-state index in [4.69, 9.17) is 5.11 Å². The van der Waals surface area contributed by atoms with Crippen molar-refractivity contribution in [3.05, 3.63) is 12.7 Å². The highest BCUT2D eigenvalue weighted by molar-refractivity contribution is 5.83. The summed E-state index contributed by atoms with van der Waals surface area (Å²) in [7, 11) is 0. The molecule has 0 heterocycles. The number of carbonyl (C=O) groups excluding carboxylic acids is 1. The zero-order valence-corrected chi connectivity index (χ0v) is 9.32. The molecule has 0 radical (unpaired) electrons. The molecule has 2 N–H and O–H groups in total. The summed E-state index contributed by atoms with van der Waals surface area (Å²) < 4.78 is 0. The van der Waals surface area contributed by atoms with Crippen molar-refractivity contribution >= 4 is 11.9 Å². The number of hydrogen-bond donors (Lipinski definition) is 2. The van der Waals surface area contributed by atoms with Crippen LogP contribution in [0.3, 0.4) is 0 Å². The van der Waals surface area contributed by atoms with E-state index in [1.165, 1.54) is 0 Å². The largest absolute Gasteiger partial charge is 0.480 e. The summed E-state index contributed by atoms with van der Waals surface area (Å²) in [5.74, 6) is -1.27. The quantitative estimate of drug-likeness (QED) is 0.631. The normalized spacial score (nSPS) is 14.0. The highest BCUT2D eigenvalue weighted by Crippen LogP contribution is 2.08. The average Bonchev–Trinajstić information content (AvgIpc) is 2.21. The fourth-order valence-electron chi connectivity index (χ4n) is 1.16. The molecule has 0 aliphatic rings. The van der Waals surface area contributed by atoms with Gasteiger partial charge < -0.3 is 10.4 Å². The lowest BCUT2D eigenvalue weighted by atomic mass is 9.99. The molecule has 0 saturated heterocycles. The van der Waals surface area contributed by atoms with E-state index in [1.807, 2.05) is 13.8 Å². The van der Waals surface area contributed by atoms with Crippen LogP contribution in [0, 0.1) is 5.92 Å². The smallest absolute Gasteiger partial charge is 0.326 e. The molecule has 0 spiro atoms. The van der Waals surface area contributed by atoms with Gasteiger partial charge in [-0.05, 0) is 12.3 Å². The predicted molar refractivity (Wildman–Crippen MR) is 58.5 cm³/mol. The van der Waals surface area contributed by atoms with E-state index in [-0.39, 0.29) is 11.8 Å². The second-order valence-corrected chi connectivity index (χ2v) is 3.60. The monoisotopic (exact) mass is 213 g/mol. The molecule has 0 rings (SSSR count). The number of allylic oxidation sites excluding steroid dienone is 1. The van der Waals surface area contributed by atoms with Crippen LogP contribution >= 0.6 is 0 Å². The van der Waals surface area contributed by atoms with E-state index in [0.29, 0.717) is 12.8 Å². The molecule has 0 bridgehead atoms. The van der Waals surface area contributed by atoms with Crippen molar-refractivity contribution < 1.29 is 14.7 Å². The Morgan fingerprint density at radius 1 is 1.53 bits per heavy atom. The first kappa shape index (κ1) is 13.7. The first-order valence-electron chi connectivity index (χ1n) is 5.16. The molecule has 0 aromatic heterocycles. The average molecular weight is 213 g/mol. The van der Waals surface area contributed by atoms with Crippen molar-refractivity contribution in [3.8, 4) is 0 Å². The minimum absolute atomic E-state index is 0.0600. The third-order valence-electron chi connectivity index (χ3n) is 2.37. The summed E-state index contributed by atoms with van der Waals surface area (Å²) in [4.78, 5) is 22.2. The maximum atomic E-state index is 11.3. The van der Waals surface area contributed by atoms with Crippen molar-refractivity contribution in [2.45, 2.75) is 39.2 Å². The van der Waals surface area contributed by atoms with E-state index in [9.17, 15) is 9.59 Å². The van der Waals surface area contributed by atoms with Crippen LogP contribution in [0.5, 0.6) is 0 Å². The predicted octanol–water partition coefficient (Wildman–Crippen LogP) is 1.57. The van der Waals surface area contributed by atoms with Gasteiger partial charge in [-0.3, -0.25) is 4.79 Å². The Kier molecular flexibility index (Phi) is 6.42. The summed E-state index contributed by atoms with van der Waals surface area (Å²) in [5, 5.41) is 11.4. The van der Waals surface area contributed by atoms with Gasteiger partial charge in [0.1, 0.15) is 6.04 Å². The van der Waals surface area contributed by atoms with Gasteiger partial charge in [-0.2, -0.15) is 0 Å². The molecule has 0 aliphatic heterocycles. The molecular weight excluding hydrogens is 194 g/mol. The van der Waals surface area contributed by atoms with Gasteiger partial charge in [-0.25, -0.2) is 4.79 Å². The highest BCUT2D eigenvalue weighted by Gasteiger charge is 2.24. The Hall–Kier alpha value is -1.32. The third kappa shape index (κ3) is 5.20. The van der Waals surface area contributed by atoms with Crippen LogP contribution in [0.15, 0.2) is 12.7 Å². The summed E-state index contributed by atoms with van der Waals surface area (Å²) in [5.41, 5.74) is 0. The number of nitrogens with one attached hydrogen (secondary N) is 1. The molecular formula is C11H19NO3. The number of hydrogen-bond acceptors (Lipinski definition) is 2. The lowest BCUT2D eigenvalue weighted by Crippen LogP contribution is -2.44. The van der Waals surface area contributed by atoms with E-state index in [2.05, 4.69) is 11.9 Å². The van der Waals surface area contributed by atoms with Crippen LogP contribution in [0.2, 0.25) is 0 Å². The van der Waals surface area contributed by atoms with Crippen molar-refractivity contribution in [1.29, 1.82) is 0 Å². The summed E-state index contributed by atoms with van der Waals surface area (Å²) in [6, 6.07) is -0.785. The van der Waals surface area contributed by atoms with E-state index in [0.717, 1.165) is 6.42 Å². The van der Waals surface area contributed by atoms with E-state index < -0.39 is 12.0 Å². The van der Waals surface area contributed by atoms with Gasteiger partial charge in [0.25, 0.3) is 0 Å². The Bertz CT molecular complexity index is 238. The third-order valence-corrected chi connectivity index (χ3v) is 2.37. The molecule has 0 aromatic carbocycles. The van der Waals surface area contributed by atoms with Crippen LogP contribution in [-0.2, 0) is 9.59 Å². The number of carboxylic acid groups (broad SMARTS) is 1. The number of aliphatic carboxylic acids is 1. The maximum absolute atomic E-state index is 11.3. The number of carbonyl (C=O) groups is 2. The maximum Gasteiger partial charge on any atom is 0.326 e. The molecule has 0 saturated carbocycles. The minimum atomic E-state index is -0.976. The topological polar surface area (TPSA) is 66.4 Å². The molecule has 0 aromatic rings. The van der Waals surface area contributed by atoms with Crippen LogP contribution < -0.4 is 5.32 Å². The zero-order chi connectivity index (χ0) is 11.8. The molecule has 15 heavy (non-hydrogen) atoms. The van der Waals surface area contributed by atoms with Gasteiger partial charge in [0.05, 0.1) is 0 Å². The number of rotatable bonds is 7. The molecule has 4 heteroatoms. The Morgan fingerprint density at radius 3 is 2.53 bits per heavy atom. The van der Waals surface area contributed by atoms with Crippen molar-refractivity contribution in [3.63, 3.8) is 0 Å². The minimum Gasteiger partial charge on any atom is -0.480 e. The first-order chi connectivity index (χ1) is 7.02. The molecule has 0 aliphatic carbocycles. The van der Waals surface area contributed by atoms with Gasteiger partial charge in [-0.1, -0.05) is 26.3 Å². The molecule has 1 amide bonds. The Balaban J connectivity index is 4.22. The Morgan fingerprint density at radius 2 is 2.13 bits per heavy atom. The SMILES string of the molecule is C=CCCC(=O)N[C@H](C(=O)O)C(C)CC. The standard InChI is InChI=1S/C11H19NO3/c1-4-6-7-9(13)12-10(11(14)15)8(3)5-2/h4,8,10H,1,5-7H2,2-3H3,(H,12,13)(H,14,15)/t8?,10-/m0/s1.